The van der Waals surface area contributed by atoms with E-state index in [-0.39, 0.29) is 0 Å². The van der Waals surface area contributed by atoms with Crippen molar-refractivity contribution >= 4 is 5.82 Å². The first-order valence-corrected chi connectivity index (χ1v) is 7.49. The van der Waals surface area contributed by atoms with Gasteiger partial charge in [-0.2, -0.15) is 5.10 Å². The Hall–Kier alpha value is -0.990. The molecule has 0 radical (unpaired) electrons. The van der Waals surface area contributed by atoms with Crippen LogP contribution >= 0.6 is 0 Å². The first-order chi connectivity index (χ1) is 8.69. The van der Waals surface area contributed by atoms with Crippen LogP contribution in [-0.2, 0) is 6.54 Å². The van der Waals surface area contributed by atoms with Crippen LogP contribution in [0.5, 0.6) is 0 Å². The molecule has 4 fully saturated rings. The normalized spacial score (nSPS) is 41.5. The molecule has 0 atom stereocenters. The molecule has 0 aliphatic heterocycles. The summed E-state index contributed by atoms with van der Waals surface area (Å²) in [4.78, 5) is 0. The van der Waals surface area contributed by atoms with Crippen LogP contribution in [0.2, 0.25) is 0 Å². The van der Waals surface area contributed by atoms with Crippen LogP contribution in [0.15, 0.2) is 6.07 Å². The summed E-state index contributed by atoms with van der Waals surface area (Å²) >= 11 is 0. The monoisotopic (exact) mass is 245 g/mol. The van der Waals surface area contributed by atoms with E-state index in [0.29, 0.717) is 0 Å². The first kappa shape index (κ1) is 10.9. The Morgan fingerprint density at radius 2 is 1.78 bits per heavy atom. The summed E-state index contributed by atoms with van der Waals surface area (Å²) < 4.78 is 2.06. The van der Waals surface area contributed by atoms with Gasteiger partial charge in [-0.15, -0.1) is 0 Å². The van der Waals surface area contributed by atoms with Crippen LogP contribution in [0.4, 0.5) is 5.82 Å². The van der Waals surface area contributed by atoms with E-state index in [1.807, 2.05) is 13.0 Å². The lowest BCUT2D eigenvalue weighted by molar-refractivity contribution is -0.0440. The lowest BCUT2D eigenvalue weighted by Crippen LogP contribution is -2.46. The average Bonchev–Trinajstić information content (AvgIpc) is 2.61. The highest BCUT2D eigenvalue weighted by Crippen LogP contribution is 2.56. The number of hydrogen-bond acceptors (Lipinski definition) is 2. The van der Waals surface area contributed by atoms with Crippen LogP contribution in [0.25, 0.3) is 0 Å². The molecule has 0 spiro atoms. The third-order valence-electron chi connectivity index (χ3n) is 5.74. The quantitative estimate of drug-likeness (QED) is 0.870. The number of aromatic nitrogens is 2. The van der Waals surface area contributed by atoms with Crippen molar-refractivity contribution in [3.05, 3.63) is 11.8 Å². The van der Waals surface area contributed by atoms with Gasteiger partial charge in [-0.3, -0.25) is 0 Å². The number of nitrogens with zero attached hydrogens (tertiary/aromatic N) is 2. The summed E-state index contributed by atoms with van der Waals surface area (Å²) in [5.74, 6) is 5.73. The fourth-order valence-corrected chi connectivity index (χ4v) is 5.25. The van der Waals surface area contributed by atoms with E-state index in [1.54, 1.807) is 0 Å². The molecule has 5 rings (SSSR count). The molecular formula is C15H23N3. The first-order valence-electron chi connectivity index (χ1n) is 7.49. The summed E-state index contributed by atoms with van der Waals surface area (Å²) in [5.41, 5.74) is 7.10. The van der Waals surface area contributed by atoms with Gasteiger partial charge in [0.1, 0.15) is 5.82 Å². The second kappa shape index (κ2) is 3.75. The SMILES string of the molecule is Cc1cc(N)n(CC2C3CC4CC(C3)CC2C4)n1. The van der Waals surface area contributed by atoms with E-state index in [4.69, 9.17) is 5.73 Å². The maximum atomic E-state index is 6.05. The van der Waals surface area contributed by atoms with Crippen molar-refractivity contribution in [3.63, 3.8) is 0 Å². The van der Waals surface area contributed by atoms with Crippen molar-refractivity contribution in [2.45, 2.75) is 45.6 Å². The van der Waals surface area contributed by atoms with Gasteiger partial charge < -0.3 is 5.73 Å². The van der Waals surface area contributed by atoms with Crippen LogP contribution in [-0.4, -0.2) is 9.78 Å². The number of rotatable bonds is 2. The summed E-state index contributed by atoms with van der Waals surface area (Å²) in [6.45, 7) is 3.10. The van der Waals surface area contributed by atoms with E-state index in [1.165, 1.54) is 32.1 Å². The predicted molar refractivity (Wildman–Crippen MR) is 71.9 cm³/mol. The Balaban J connectivity index is 1.57. The van der Waals surface area contributed by atoms with Gasteiger partial charge in [-0.25, -0.2) is 4.68 Å². The Morgan fingerprint density at radius 3 is 2.28 bits per heavy atom. The molecule has 4 aliphatic carbocycles. The molecule has 3 heteroatoms. The van der Waals surface area contributed by atoms with Gasteiger partial charge in [-0.1, -0.05) is 0 Å². The highest BCUT2D eigenvalue weighted by Gasteiger charge is 2.48. The molecule has 0 aromatic carbocycles. The molecule has 0 unspecified atom stereocenters. The van der Waals surface area contributed by atoms with Gasteiger partial charge in [0.15, 0.2) is 0 Å². The second-order valence-electron chi connectivity index (χ2n) is 6.99. The molecule has 4 aliphatic rings. The second-order valence-corrected chi connectivity index (χ2v) is 6.99. The summed E-state index contributed by atoms with van der Waals surface area (Å²) in [6, 6.07) is 2.00. The molecule has 1 heterocycles. The predicted octanol–water partition coefficient (Wildman–Crippen LogP) is 2.85. The van der Waals surface area contributed by atoms with E-state index in [2.05, 4.69) is 9.78 Å². The number of nitrogens with two attached hydrogens (primary N) is 1. The third-order valence-corrected chi connectivity index (χ3v) is 5.74. The fraction of sp³-hybridized carbons (Fsp3) is 0.800. The number of nitrogen functional groups attached to an aromatic ring is 1. The van der Waals surface area contributed by atoms with Gasteiger partial charge in [0.2, 0.25) is 0 Å². The minimum Gasteiger partial charge on any atom is -0.384 e. The average molecular weight is 245 g/mol. The number of hydrogen-bond donors (Lipinski definition) is 1. The molecule has 3 nitrogen and oxygen atoms in total. The standard InChI is InChI=1S/C15H23N3/c1-9-2-15(16)18(17-9)8-14-12-4-10-3-11(6-12)7-13(14)5-10/h2,10-14H,3-8,16H2,1H3. The summed E-state index contributed by atoms with van der Waals surface area (Å²) in [6.07, 6.45) is 7.47. The Labute approximate surface area is 109 Å². The third kappa shape index (κ3) is 1.59. The van der Waals surface area contributed by atoms with Crippen molar-refractivity contribution in [2.75, 3.05) is 5.73 Å². The maximum absolute atomic E-state index is 6.05. The van der Waals surface area contributed by atoms with Crippen LogP contribution in [0.3, 0.4) is 0 Å². The smallest absolute Gasteiger partial charge is 0.121 e. The highest BCUT2D eigenvalue weighted by molar-refractivity contribution is 5.30. The van der Waals surface area contributed by atoms with Crippen molar-refractivity contribution in [3.8, 4) is 0 Å². The summed E-state index contributed by atoms with van der Waals surface area (Å²) in [7, 11) is 0. The zero-order valence-corrected chi connectivity index (χ0v) is 11.2. The van der Waals surface area contributed by atoms with E-state index in [9.17, 15) is 0 Å². The Kier molecular flexibility index (Phi) is 2.27. The van der Waals surface area contributed by atoms with Crippen molar-refractivity contribution in [2.24, 2.45) is 29.6 Å². The lowest BCUT2D eigenvalue weighted by atomic mass is 9.52. The van der Waals surface area contributed by atoms with Gasteiger partial charge in [-0.05, 0) is 68.6 Å². The molecule has 4 bridgehead atoms. The van der Waals surface area contributed by atoms with Gasteiger partial charge in [0.25, 0.3) is 0 Å². The molecule has 1 aromatic heterocycles. The van der Waals surface area contributed by atoms with E-state index in [0.717, 1.165) is 47.6 Å². The van der Waals surface area contributed by atoms with Gasteiger partial charge in [0.05, 0.1) is 5.69 Å². The van der Waals surface area contributed by atoms with Crippen molar-refractivity contribution in [1.29, 1.82) is 0 Å². The highest BCUT2D eigenvalue weighted by atomic mass is 15.3. The zero-order chi connectivity index (χ0) is 12.3. The number of aryl methyl sites for hydroxylation is 1. The largest absolute Gasteiger partial charge is 0.384 e. The molecule has 0 saturated heterocycles. The molecule has 18 heavy (non-hydrogen) atoms. The van der Waals surface area contributed by atoms with Crippen LogP contribution < -0.4 is 5.73 Å². The molecule has 1 aromatic rings. The molecular weight excluding hydrogens is 222 g/mol. The molecule has 2 N–H and O–H groups in total. The summed E-state index contributed by atoms with van der Waals surface area (Å²) in [5, 5.41) is 4.55. The minimum atomic E-state index is 0.847. The topological polar surface area (TPSA) is 43.8 Å². The maximum Gasteiger partial charge on any atom is 0.121 e. The van der Waals surface area contributed by atoms with Crippen molar-refractivity contribution < 1.29 is 0 Å². The van der Waals surface area contributed by atoms with Crippen molar-refractivity contribution in [1.82, 2.24) is 9.78 Å². The fourth-order valence-electron chi connectivity index (χ4n) is 5.25. The van der Waals surface area contributed by atoms with E-state index < -0.39 is 0 Å². The molecule has 0 amide bonds. The zero-order valence-electron chi connectivity index (χ0n) is 11.2. The van der Waals surface area contributed by atoms with Gasteiger partial charge in [0, 0.05) is 12.6 Å². The van der Waals surface area contributed by atoms with Crippen LogP contribution in [0.1, 0.15) is 37.8 Å². The molecule has 4 saturated carbocycles. The minimum absolute atomic E-state index is 0.847. The van der Waals surface area contributed by atoms with E-state index >= 15 is 0 Å². The van der Waals surface area contributed by atoms with Gasteiger partial charge >= 0.3 is 0 Å². The number of anilines is 1. The Bertz CT molecular complexity index is 434. The Morgan fingerprint density at radius 1 is 1.17 bits per heavy atom. The van der Waals surface area contributed by atoms with Crippen LogP contribution in [0, 0.1) is 36.5 Å². The lowest BCUT2D eigenvalue weighted by Gasteiger charge is -2.54. The molecule has 98 valence electrons.